The Morgan fingerprint density at radius 1 is 1.08 bits per heavy atom. The molecule has 1 aromatic rings. The van der Waals surface area contributed by atoms with Crippen LogP contribution < -0.4 is 0 Å². The van der Waals surface area contributed by atoms with Crippen LogP contribution in [0.1, 0.15) is 30.4 Å². The van der Waals surface area contributed by atoms with Crippen molar-refractivity contribution in [1.82, 2.24) is 34.4 Å². The Labute approximate surface area is 150 Å². The highest BCUT2D eigenvalue weighted by Gasteiger charge is 2.31. The predicted octanol–water partition coefficient (Wildman–Crippen LogP) is 0.424. The van der Waals surface area contributed by atoms with E-state index in [9.17, 15) is 4.79 Å². The van der Waals surface area contributed by atoms with E-state index < -0.39 is 0 Å². The molecule has 3 heterocycles. The summed E-state index contributed by atoms with van der Waals surface area (Å²) in [5.74, 6) is 2.26. The van der Waals surface area contributed by atoms with Crippen LogP contribution in [0.5, 0.6) is 0 Å². The van der Waals surface area contributed by atoms with Crippen LogP contribution >= 0.6 is 0 Å². The third-order valence-corrected chi connectivity index (χ3v) is 5.29. The van der Waals surface area contributed by atoms with Crippen LogP contribution in [0, 0.1) is 0 Å². The summed E-state index contributed by atoms with van der Waals surface area (Å²) in [7, 11) is 8.21. The van der Waals surface area contributed by atoms with Crippen molar-refractivity contribution >= 4 is 6.03 Å². The molecule has 2 aliphatic heterocycles. The van der Waals surface area contributed by atoms with E-state index >= 15 is 0 Å². The molecule has 0 spiro atoms. The number of likely N-dealkylation sites (tertiary alicyclic amines) is 1. The molecule has 3 rings (SSSR count). The first kappa shape index (κ1) is 18.1. The Balaban J connectivity index is 1.65. The molecule has 0 unspecified atom stereocenters. The SMILES string of the molecule is CN(C)Cc1nnc([C@H]2CCCN(C(=O)N3CCN(C)CC3)C2)n1C. The highest BCUT2D eigenvalue weighted by Crippen LogP contribution is 2.26. The number of piperidine rings is 1. The van der Waals surface area contributed by atoms with E-state index in [4.69, 9.17) is 0 Å². The minimum atomic E-state index is 0.188. The van der Waals surface area contributed by atoms with Crippen molar-refractivity contribution in [2.24, 2.45) is 7.05 Å². The molecule has 2 fully saturated rings. The van der Waals surface area contributed by atoms with Crippen molar-refractivity contribution in [2.75, 3.05) is 60.4 Å². The zero-order valence-electron chi connectivity index (χ0n) is 16.0. The average Bonchev–Trinajstić information content (AvgIpc) is 2.95. The van der Waals surface area contributed by atoms with Gasteiger partial charge in [0.2, 0.25) is 0 Å². The molecule has 1 aromatic heterocycles. The molecule has 8 heteroatoms. The number of carbonyl (C=O) groups excluding carboxylic acids is 1. The number of amides is 2. The molecule has 140 valence electrons. The van der Waals surface area contributed by atoms with E-state index in [1.807, 2.05) is 30.9 Å². The van der Waals surface area contributed by atoms with Crippen LogP contribution in [0.25, 0.3) is 0 Å². The zero-order chi connectivity index (χ0) is 18.0. The summed E-state index contributed by atoms with van der Waals surface area (Å²) in [6.45, 7) is 5.95. The molecule has 0 aromatic carbocycles. The minimum absolute atomic E-state index is 0.188. The molecular weight excluding hydrogens is 318 g/mol. The summed E-state index contributed by atoms with van der Waals surface area (Å²) < 4.78 is 2.11. The van der Waals surface area contributed by atoms with Gasteiger partial charge in [0, 0.05) is 52.2 Å². The van der Waals surface area contributed by atoms with Gasteiger partial charge in [0.05, 0.1) is 6.54 Å². The number of piperazine rings is 1. The Bertz CT molecular complexity index is 592. The Morgan fingerprint density at radius 3 is 2.48 bits per heavy atom. The number of likely N-dealkylation sites (N-methyl/N-ethyl adjacent to an activating group) is 1. The molecule has 0 N–H and O–H groups in total. The molecule has 0 saturated carbocycles. The van der Waals surface area contributed by atoms with Crippen LogP contribution in [-0.4, -0.2) is 101 Å². The molecule has 8 nitrogen and oxygen atoms in total. The zero-order valence-corrected chi connectivity index (χ0v) is 16.0. The summed E-state index contributed by atoms with van der Waals surface area (Å²) in [5, 5.41) is 8.79. The second-order valence-corrected chi connectivity index (χ2v) is 7.63. The first-order valence-electron chi connectivity index (χ1n) is 9.21. The molecule has 1 atom stereocenters. The van der Waals surface area contributed by atoms with Crippen molar-refractivity contribution in [2.45, 2.75) is 25.3 Å². The van der Waals surface area contributed by atoms with Crippen molar-refractivity contribution in [3.8, 4) is 0 Å². The number of rotatable bonds is 3. The van der Waals surface area contributed by atoms with Crippen LogP contribution in [0.15, 0.2) is 0 Å². The van der Waals surface area contributed by atoms with Gasteiger partial charge in [-0.1, -0.05) is 0 Å². The van der Waals surface area contributed by atoms with Crippen LogP contribution in [0.4, 0.5) is 4.79 Å². The molecule has 2 aliphatic rings. The van der Waals surface area contributed by atoms with Gasteiger partial charge < -0.3 is 24.2 Å². The van der Waals surface area contributed by atoms with Crippen LogP contribution in [-0.2, 0) is 13.6 Å². The summed E-state index contributed by atoms with van der Waals surface area (Å²) in [6.07, 6.45) is 2.10. The fraction of sp³-hybridized carbons (Fsp3) is 0.824. The van der Waals surface area contributed by atoms with E-state index in [0.717, 1.165) is 70.3 Å². The lowest BCUT2D eigenvalue weighted by Crippen LogP contribution is -2.53. The van der Waals surface area contributed by atoms with E-state index in [2.05, 4.69) is 31.6 Å². The lowest BCUT2D eigenvalue weighted by atomic mass is 9.97. The summed E-state index contributed by atoms with van der Waals surface area (Å²) >= 11 is 0. The third kappa shape index (κ3) is 4.12. The van der Waals surface area contributed by atoms with Gasteiger partial charge in [0.25, 0.3) is 0 Å². The number of carbonyl (C=O) groups is 1. The van der Waals surface area contributed by atoms with Crippen molar-refractivity contribution in [3.05, 3.63) is 11.6 Å². The average molecular weight is 349 g/mol. The van der Waals surface area contributed by atoms with Crippen molar-refractivity contribution in [1.29, 1.82) is 0 Å². The first-order chi connectivity index (χ1) is 12.0. The molecule has 0 aliphatic carbocycles. The smallest absolute Gasteiger partial charge is 0.320 e. The quantitative estimate of drug-likeness (QED) is 0.792. The maximum Gasteiger partial charge on any atom is 0.320 e. The van der Waals surface area contributed by atoms with Crippen LogP contribution in [0.3, 0.4) is 0 Å². The van der Waals surface area contributed by atoms with Gasteiger partial charge in [-0.25, -0.2) is 4.79 Å². The topological polar surface area (TPSA) is 60.7 Å². The van der Waals surface area contributed by atoms with Crippen molar-refractivity contribution in [3.63, 3.8) is 0 Å². The lowest BCUT2D eigenvalue weighted by Gasteiger charge is -2.39. The van der Waals surface area contributed by atoms with Gasteiger partial charge >= 0.3 is 6.03 Å². The number of urea groups is 1. The van der Waals surface area contributed by atoms with Gasteiger partial charge in [-0.2, -0.15) is 0 Å². The standard InChI is InChI=1S/C17H31N7O/c1-20(2)13-15-18-19-16(22(15)4)14-6-5-7-24(12-14)17(25)23-10-8-21(3)9-11-23/h14H,5-13H2,1-4H3/t14-/m0/s1. The number of aromatic nitrogens is 3. The number of nitrogens with zero attached hydrogens (tertiary/aromatic N) is 7. The fourth-order valence-corrected chi connectivity index (χ4v) is 3.71. The first-order valence-corrected chi connectivity index (χ1v) is 9.21. The molecule has 2 saturated heterocycles. The van der Waals surface area contributed by atoms with Gasteiger partial charge in [0.15, 0.2) is 0 Å². The molecule has 25 heavy (non-hydrogen) atoms. The Kier molecular flexibility index (Phi) is 5.58. The predicted molar refractivity (Wildman–Crippen MR) is 96.4 cm³/mol. The number of hydrogen-bond donors (Lipinski definition) is 0. The summed E-state index contributed by atoms with van der Waals surface area (Å²) in [4.78, 5) is 21.2. The maximum atomic E-state index is 12.9. The second kappa shape index (κ2) is 7.70. The normalized spacial score (nSPS) is 22.7. The monoisotopic (exact) mass is 349 g/mol. The van der Waals surface area contributed by atoms with E-state index in [1.165, 1.54) is 0 Å². The molecule has 0 radical (unpaired) electrons. The number of hydrogen-bond acceptors (Lipinski definition) is 5. The van der Waals surface area contributed by atoms with E-state index in [0.29, 0.717) is 0 Å². The fourth-order valence-electron chi connectivity index (χ4n) is 3.71. The van der Waals surface area contributed by atoms with Crippen LogP contribution in [0.2, 0.25) is 0 Å². The van der Waals surface area contributed by atoms with Gasteiger partial charge in [-0.15, -0.1) is 10.2 Å². The maximum absolute atomic E-state index is 12.9. The second-order valence-electron chi connectivity index (χ2n) is 7.63. The van der Waals surface area contributed by atoms with E-state index in [1.54, 1.807) is 0 Å². The summed E-state index contributed by atoms with van der Waals surface area (Å²) in [5.41, 5.74) is 0. The van der Waals surface area contributed by atoms with Gasteiger partial charge in [-0.3, -0.25) is 0 Å². The highest BCUT2D eigenvalue weighted by molar-refractivity contribution is 5.74. The highest BCUT2D eigenvalue weighted by atomic mass is 16.2. The molecule has 2 amide bonds. The van der Waals surface area contributed by atoms with Gasteiger partial charge in [-0.05, 0) is 34.0 Å². The molecule has 0 bridgehead atoms. The lowest BCUT2D eigenvalue weighted by molar-refractivity contribution is 0.111. The Hall–Kier alpha value is -1.67. The summed E-state index contributed by atoms with van der Waals surface area (Å²) in [6, 6.07) is 0.188. The largest absolute Gasteiger partial charge is 0.324 e. The van der Waals surface area contributed by atoms with Crippen molar-refractivity contribution < 1.29 is 4.79 Å². The Morgan fingerprint density at radius 2 is 1.80 bits per heavy atom. The third-order valence-electron chi connectivity index (χ3n) is 5.29. The van der Waals surface area contributed by atoms with E-state index in [-0.39, 0.29) is 11.9 Å². The molecular formula is C17H31N7O. The van der Waals surface area contributed by atoms with Gasteiger partial charge in [0.1, 0.15) is 11.6 Å². The minimum Gasteiger partial charge on any atom is -0.324 e.